The van der Waals surface area contributed by atoms with E-state index in [1.807, 2.05) is 48.5 Å². The fraction of sp³-hybridized carbons (Fsp3) is 0.391. The highest BCUT2D eigenvalue weighted by Crippen LogP contribution is 2.34. The van der Waals surface area contributed by atoms with Crippen molar-refractivity contribution in [1.29, 1.82) is 0 Å². The van der Waals surface area contributed by atoms with E-state index in [4.69, 9.17) is 9.47 Å². The number of carbonyl (C=O) groups excluding carboxylic acids is 2. The van der Waals surface area contributed by atoms with Crippen molar-refractivity contribution in [1.82, 2.24) is 10.2 Å². The normalized spacial score (nSPS) is 20.7. The van der Waals surface area contributed by atoms with Crippen molar-refractivity contribution >= 4 is 17.6 Å². The molecule has 2 heterocycles. The van der Waals surface area contributed by atoms with Crippen LogP contribution in [0.5, 0.6) is 11.5 Å². The van der Waals surface area contributed by atoms with Crippen LogP contribution in [0.2, 0.25) is 0 Å². The number of ether oxygens (including phenoxy) is 2. The third-order valence-corrected chi connectivity index (χ3v) is 5.77. The maximum absolute atomic E-state index is 13.1. The van der Waals surface area contributed by atoms with Crippen molar-refractivity contribution in [3.63, 3.8) is 0 Å². The summed E-state index contributed by atoms with van der Waals surface area (Å²) in [6.45, 7) is 1.03. The molecule has 0 radical (unpaired) electrons. The minimum atomic E-state index is -0.476. The number of carbonyl (C=O) groups is 2. The number of rotatable bonds is 4. The van der Waals surface area contributed by atoms with Gasteiger partial charge in [-0.15, -0.1) is 0 Å². The van der Waals surface area contributed by atoms with Crippen molar-refractivity contribution in [2.45, 2.75) is 31.3 Å². The first kappa shape index (κ1) is 20.1. The summed E-state index contributed by atoms with van der Waals surface area (Å²) in [5.74, 6) is 1.39. The number of para-hydroxylation sites is 2. The molecule has 158 valence electrons. The molecule has 0 bridgehead atoms. The molecule has 2 aliphatic rings. The van der Waals surface area contributed by atoms with Gasteiger partial charge in [0.15, 0.2) is 11.5 Å². The minimum Gasteiger partial charge on any atom is -0.493 e. The Balaban J connectivity index is 1.40. The Kier molecular flexibility index (Phi) is 5.79. The van der Waals surface area contributed by atoms with Crippen molar-refractivity contribution in [3.8, 4) is 11.5 Å². The summed E-state index contributed by atoms with van der Waals surface area (Å²) in [6, 6.07) is 14.4. The lowest BCUT2D eigenvalue weighted by molar-refractivity contribution is -0.123. The molecule has 1 fully saturated rings. The lowest BCUT2D eigenvalue weighted by Crippen LogP contribution is -2.57. The highest BCUT2D eigenvalue weighted by atomic mass is 16.5. The van der Waals surface area contributed by atoms with E-state index in [1.54, 1.807) is 19.1 Å². The molecule has 0 aliphatic carbocycles. The fourth-order valence-electron chi connectivity index (χ4n) is 4.15. The molecule has 2 atom stereocenters. The second-order valence-electron chi connectivity index (χ2n) is 7.70. The molecule has 0 spiro atoms. The summed E-state index contributed by atoms with van der Waals surface area (Å²) in [7, 11) is 3.30. The zero-order valence-corrected chi connectivity index (χ0v) is 17.3. The number of hydrogen-bond donors (Lipinski definition) is 1. The number of urea groups is 1. The Hall–Kier alpha value is -3.22. The number of benzene rings is 2. The second-order valence-corrected chi connectivity index (χ2v) is 7.70. The number of nitrogens with zero attached hydrogens (tertiary/aromatic N) is 2. The molecule has 0 aromatic heterocycles. The van der Waals surface area contributed by atoms with E-state index in [0.29, 0.717) is 31.7 Å². The summed E-state index contributed by atoms with van der Waals surface area (Å²) in [4.78, 5) is 29.3. The molecule has 2 unspecified atom stereocenters. The van der Waals surface area contributed by atoms with Crippen LogP contribution in [0.25, 0.3) is 0 Å². The average Bonchev–Trinajstić information content (AvgIpc) is 2.78. The van der Waals surface area contributed by atoms with Crippen LogP contribution in [0.1, 0.15) is 18.4 Å². The standard InChI is InChI=1S/C23H27N3O4/c1-25(19-11-7-13-26(22(19)27)18-9-4-3-5-10-18)23(28)24-17-14-16-8-6-12-20(29-2)21(16)30-15-17/h3-6,8-10,12,17,19H,7,11,13-15H2,1-2H3,(H,24,28). The van der Waals surface area contributed by atoms with Gasteiger partial charge in [0.05, 0.1) is 13.2 Å². The third-order valence-electron chi connectivity index (χ3n) is 5.77. The SMILES string of the molecule is COc1cccc2c1OCC(NC(=O)N(C)C1CCCN(c3ccccc3)C1=O)C2. The van der Waals surface area contributed by atoms with Crippen LogP contribution < -0.4 is 19.7 Å². The minimum absolute atomic E-state index is 0.0416. The van der Waals surface area contributed by atoms with Crippen molar-refractivity contribution < 1.29 is 19.1 Å². The predicted molar refractivity (Wildman–Crippen MR) is 114 cm³/mol. The molecule has 7 heteroatoms. The number of piperidine rings is 1. The number of amides is 3. The predicted octanol–water partition coefficient (Wildman–Crippen LogP) is 2.84. The molecule has 2 aliphatic heterocycles. The Bertz CT molecular complexity index is 918. The summed E-state index contributed by atoms with van der Waals surface area (Å²) in [6.07, 6.45) is 2.16. The van der Waals surface area contributed by atoms with Crippen molar-refractivity contribution in [2.75, 3.05) is 32.2 Å². The summed E-state index contributed by atoms with van der Waals surface area (Å²) >= 11 is 0. The second kappa shape index (κ2) is 8.65. The van der Waals surface area contributed by atoms with Crippen LogP contribution in [-0.4, -0.2) is 56.2 Å². The lowest BCUT2D eigenvalue weighted by atomic mass is 10.0. The Labute approximate surface area is 176 Å². The number of likely N-dealkylation sites (N-methyl/N-ethyl adjacent to an activating group) is 1. The molecule has 1 N–H and O–H groups in total. The van der Waals surface area contributed by atoms with Gasteiger partial charge in [0.25, 0.3) is 0 Å². The molecule has 4 rings (SSSR count). The average molecular weight is 409 g/mol. The van der Waals surface area contributed by atoms with Gasteiger partial charge in [0.2, 0.25) is 5.91 Å². The highest BCUT2D eigenvalue weighted by Gasteiger charge is 2.35. The van der Waals surface area contributed by atoms with Crippen LogP contribution in [0, 0.1) is 0 Å². The van der Waals surface area contributed by atoms with Crippen molar-refractivity contribution in [2.24, 2.45) is 0 Å². The molecular formula is C23H27N3O4. The van der Waals surface area contributed by atoms with E-state index >= 15 is 0 Å². The Morgan fingerprint density at radius 2 is 2.00 bits per heavy atom. The van der Waals surface area contributed by atoms with Gasteiger partial charge in [-0.25, -0.2) is 4.79 Å². The Morgan fingerprint density at radius 1 is 1.20 bits per heavy atom. The zero-order chi connectivity index (χ0) is 21.1. The van der Waals surface area contributed by atoms with E-state index < -0.39 is 6.04 Å². The molecular weight excluding hydrogens is 382 g/mol. The maximum atomic E-state index is 13.1. The number of methoxy groups -OCH3 is 1. The van der Waals surface area contributed by atoms with Crippen LogP contribution in [0.3, 0.4) is 0 Å². The Morgan fingerprint density at radius 3 is 2.77 bits per heavy atom. The number of hydrogen-bond acceptors (Lipinski definition) is 4. The number of anilines is 1. The van der Waals surface area contributed by atoms with Crippen LogP contribution in [0.15, 0.2) is 48.5 Å². The van der Waals surface area contributed by atoms with Crippen LogP contribution in [0.4, 0.5) is 10.5 Å². The van der Waals surface area contributed by atoms with Gasteiger partial charge < -0.3 is 24.6 Å². The quantitative estimate of drug-likeness (QED) is 0.843. The van der Waals surface area contributed by atoms with Crippen molar-refractivity contribution in [3.05, 3.63) is 54.1 Å². The fourth-order valence-corrected chi connectivity index (χ4v) is 4.15. The van der Waals surface area contributed by atoms with E-state index in [9.17, 15) is 9.59 Å². The highest BCUT2D eigenvalue weighted by molar-refractivity contribution is 5.99. The molecule has 2 aromatic carbocycles. The summed E-state index contributed by atoms with van der Waals surface area (Å²) < 4.78 is 11.2. The first-order chi connectivity index (χ1) is 14.6. The van der Waals surface area contributed by atoms with Gasteiger partial charge in [0.1, 0.15) is 12.6 Å². The van der Waals surface area contributed by atoms with Gasteiger partial charge in [-0.2, -0.15) is 0 Å². The van der Waals surface area contributed by atoms with Crippen LogP contribution in [-0.2, 0) is 11.2 Å². The molecule has 7 nitrogen and oxygen atoms in total. The summed E-state index contributed by atoms with van der Waals surface area (Å²) in [5.41, 5.74) is 1.87. The molecule has 2 aromatic rings. The van der Waals surface area contributed by atoms with E-state index in [-0.39, 0.29) is 18.0 Å². The molecule has 30 heavy (non-hydrogen) atoms. The largest absolute Gasteiger partial charge is 0.493 e. The zero-order valence-electron chi connectivity index (χ0n) is 17.3. The van der Waals surface area contributed by atoms with Gasteiger partial charge in [-0.1, -0.05) is 30.3 Å². The van der Waals surface area contributed by atoms with E-state index in [2.05, 4.69) is 5.32 Å². The number of fused-ring (bicyclic) bond motifs is 1. The van der Waals surface area contributed by atoms with E-state index in [1.165, 1.54) is 4.90 Å². The van der Waals surface area contributed by atoms with Crippen LogP contribution >= 0.6 is 0 Å². The summed E-state index contributed by atoms with van der Waals surface area (Å²) in [5, 5.41) is 3.02. The van der Waals surface area contributed by atoms with Gasteiger partial charge in [-0.05, 0) is 37.5 Å². The van der Waals surface area contributed by atoms with E-state index in [0.717, 1.165) is 23.4 Å². The molecule has 1 saturated heterocycles. The smallest absolute Gasteiger partial charge is 0.318 e. The first-order valence-electron chi connectivity index (χ1n) is 10.3. The molecule has 0 saturated carbocycles. The van der Waals surface area contributed by atoms with Gasteiger partial charge >= 0.3 is 6.03 Å². The topological polar surface area (TPSA) is 71.1 Å². The van der Waals surface area contributed by atoms with Gasteiger partial charge in [0, 0.05) is 24.8 Å². The molecule has 3 amide bonds. The maximum Gasteiger partial charge on any atom is 0.318 e. The third kappa shape index (κ3) is 3.92. The van der Waals surface area contributed by atoms with Gasteiger partial charge in [-0.3, -0.25) is 4.79 Å². The first-order valence-corrected chi connectivity index (χ1v) is 10.3. The number of nitrogens with one attached hydrogen (secondary N) is 1. The monoisotopic (exact) mass is 409 g/mol. The lowest BCUT2D eigenvalue weighted by Gasteiger charge is -2.37.